The van der Waals surface area contributed by atoms with Crippen molar-refractivity contribution in [2.75, 3.05) is 6.54 Å². The predicted molar refractivity (Wildman–Crippen MR) is 77.2 cm³/mol. The van der Waals surface area contributed by atoms with Crippen molar-refractivity contribution in [3.05, 3.63) is 20.8 Å². The normalized spacial score (nSPS) is 22.4. The van der Waals surface area contributed by atoms with E-state index in [1.807, 2.05) is 12.1 Å². The van der Waals surface area contributed by atoms with Gasteiger partial charge in [-0.15, -0.1) is 11.3 Å². The van der Waals surface area contributed by atoms with Gasteiger partial charge in [-0.3, -0.25) is 9.59 Å². The Kier molecular flexibility index (Phi) is 4.99. The minimum atomic E-state index is -0.847. The lowest BCUT2D eigenvalue weighted by molar-refractivity contribution is -0.146. The van der Waals surface area contributed by atoms with Crippen LogP contribution in [0, 0.1) is 11.8 Å². The van der Waals surface area contributed by atoms with E-state index >= 15 is 0 Å². The number of rotatable bonds is 5. The van der Waals surface area contributed by atoms with E-state index in [1.54, 1.807) is 11.3 Å². The number of hydrogen-bond donors (Lipinski definition) is 2. The van der Waals surface area contributed by atoms with E-state index in [0.717, 1.165) is 16.6 Å². The molecule has 19 heavy (non-hydrogen) atoms. The highest BCUT2D eigenvalue weighted by Gasteiger charge is 2.37. The average Bonchev–Trinajstić information content (AvgIpc) is 2.97. The number of thiophene rings is 1. The Morgan fingerprint density at radius 3 is 2.74 bits per heavy atom. The molecule has 0 aliphatic heterocycles. The Labute approximate surface area is 124 Å². The minimum Gasteiger partial charge on any atom is -0.481 e. The Morgan fingerprint density at radius 1 is 1.37 bits per heavy atom. The standard InChI is InChI=1S/C13H16BrNO3S/c14-11-5-4-8(19-11)6-7-15-12(16)9-2-1-3-10(9)13(17)18/h4-5,9-10H,1-3,6-7H2,(H,15,16)(H,17,18). The Bertz CT molecular complexity index is 474. The molecule has 0 saturated heterocycles. The maximum atomic E-state index is 12.0. The largest absolute Gasteiger partial charge is 0.481 e. The second-order valence-corrected chi connectivity index (χ2v) is 7.28. The van der Waals surface area contributed by atoms with E-state index in [1.165, 1.54) is 4.88 Å². The summed E-state index contributed by atoms with van der Waals surface area (Å²) >= 11 is 5.04. The van der Waals surface area contributed by atoms with Crippen molar-refractivity contribution in [3.8, 4) is 0 Å². The molecule has 2 N–H and O–H groups in total. The molecule has 0 spiro atoms. The molecule has 6 heteroatoms. The number of hydrogen-bond acceptors (Lipinski definition) is 3. The third-order valence-corrected chi connectivity index (χ3v) is 5.15. The highest BCUT2D eigenvalue weighted by atomic mass is 79.9. The molecule has 1 amide bonds. The van der Waals surface area contributed by atoms with Crippen LogP contribution in [-0.4, -0.2) is 23.5 Å². The lowest BCUT2D eigenvalue weighted by atomic mass is 9.95. The van der Waals surface area contributed by atoms with Gasteiger partial charge in [-0.05, 0) is 47.3 Å². The maximum Gasteiger partial charge on any atom is 0.307 e. The zero-order valence-corrected chi connectivity index (χ0v) is 12.8. The number of carboxylic acid groups (broad SMARTS) is 1. The third-order valence-electron chi connectivity index (χ3n) is 3.47. The molecular weight excluding hydrogens is 330 g/mol. The molecule has 104 valence electrons. The van der Waals surface area contributed by atoms with Gasteiger partial charge >= 0.3 is 5.97 Å². The SMILES string of the molecule is O=C(O)C1CCCC1C(=O)NCCc1ccc(Br)s1. The molecule has 1 heterocycles. The van der Waals surface area contributed by atoms with Gasteiger partial charge in [0.05, 0.1) is 15.6 Å². The third kappa shape index (κ3) is 3.79. The summed E-state index contributed by atoms with van der Waals surface area (Å²) in [5.41, 5.74) is 0. The van der Waals surface area contributed by atoms with E-state index in [4.69, 9.17) is 5.11 Å². The van der Waals surface area contributed by atoms with Crippen LogP contribution in [0.4, 0.5) is 0 Å². The number of carbonyl (C=O) groups excluding carboxylic acids is 1. The van der Waals surface area contributed by atoms with Crippen LogP contribution in [0.1, 0.15) is 24.1 Å². The molecule has 0 radical (unpaired) electrons. The van der Waals surface area contributed by atoms with Crippen molar-refractivity contribution < 1.29 is 14.7 Å². The van der Waals surface area contributed by atoms with Gasteiger partial charge in [0.2, 0.25) is 5.91 Å². The summed E-state index contributed by atoms with van der Waals surface area (Å²) < 4.78 is 1.08. The molecule has 1 aliphatic rings. The number of amides is 1. The van der Waals surface area contributed by atoms with Gasteiger partial charge in [-0.25, -0.2) is 0 Å². The monoisotopic (exact) mass is 345 g/mol. The second kappa shape index (κ2) is 6.52. The van der Waals surface area contributed by atoms with Gasteiger partial charge in [0, 0.05) is 11.4 Å². The average molecular weight is 346 g/mol. The van der Waals surface area contributed by atoms with Crippen LogP contribution in [0.5, 0.6) is 0 Å². The maximum absolute atomic E-state index is 12.0. The number of carbonyl (C=O) groups is 2. The molecule has 2 unspecified atom stereocenters. The van der Waals surface area contributed by atoms with Gasteiger partial charge in [-0.2, -0.15) is 0 Å². The molecule has 2 rings (SSSR count). The van der Waals surface area contributed by atoms with Crippen molar-refractivity contribution in [2.45, 2.75) is 25.7 Å². The Hall–Kier alpha value is -0.880. The molecule has 1 aromatic rings. The first-order chi connectivity index (χ1) is 9.08. The molecule has 1 fully saturated rings. The van der Waals surface area contributed by atoms with Crippen molar-refractivity contribution >= 4 is 39.1 Å². The summed E-state index contributed by atoms with van der Waals surface area (Å²) in [5.74, 6) is -1.82. The van der Waals surface area contributed by atoms with Gasteiger partial charge in [0.1, 0.15) is 0 Å². The first-order valence-electron chi connectivity index (χ1n) is 6.32. The quantitative estimate of drug-likeness (QED) is 0.861. The number of aliphatic carboxylic acids is 1. The van der Waals surface area contributed by atoms with E-state index in [2.05, 4.69) is 21.2 Å². The summed E-state index contributed by atoms with van der Waals surface area (Å²) in [7, 11) is 0. The molecule has 0 bridgehead atoms. The van der Waals surface area contributed by atoms with E-state index < -0.39 is 11.9 Å². The molecule has 1 saturated carbocycles. The molecule has 2 atom stereocenters. The lowest BCUT2D eigenvalue weighted by Gasteiger charge is -2.15. The topological polar surface area (TPSA) is 66.4 Å². The van der Waals surface area contributed by atoms with E-state index in [-0.39, 0.29) is 11.8 Å². The fraction of sp³-hybridized carbons (Fsp3) is 0.538. The van der Waals surface area contributed by atoms with Crippen LogP contribution in [0.25, 0.3) is 0 Å². The van der Waals surface area contributed by atoms with Crippen LogP contribution >= 0.6 is 27.3 Å². The van der Waals surface area contributed by atoms with Gasteiger partial charge in [-0.1, -0.05) is 6.42 Å². The van der Waals surface area contributed by atoms with Crippen LogP contribution in [0.15, 0.2) is 15.9 Å². The van der Waals surface area contributed by atoms with Gasteiger partial charge in [0.15, 0.2) is 0 Å². The molecule has 0 aromatic carbocycles. The van der Waals surface area contributed by atoms with Crippen LogP contribution in [0.3, 0.4) is 0 Å². The van der Waals surface area contributed by atoms with Crippen LogP contribution < -0.4 is 5.32 Å². The summed E-state index contributed by atoms with van der Waals surface area (Å²) in [6, 6.07) is 4.01. The Morgan fingerprint density at radius 2 is 2.11 bits per heavy atom. The first-order valence-corrected chi connectivity index (χ1v) is 7.93. The summed E-state index contributed by atoms with van der Waals surface area (Å²) in [6.07, 6.45) is 2.91. The predicted octanol–water partition coefficient (Wildman–Crippen LogP) is 2.67. The lowest BCUT2D eigenvalue weighted by Crippen LogP contribution is -2.36. The molecular formula is C13H16BrNO3S. The highest BCUT2D eigenvalue weighted by molar-refractivity contribution is 9.11. The van der Waals surface area contributed by atoms with Crippen molar-refractivity contribution in [2.24, 2.45) is 11.8 Å². The van der Waals surface area contributed by atoms with Gasteiger partial charge < -0.3 is 10.4 Å². The van der Waals surface area contributed by atoms with Gasteiger partial charge in [0.25, 0.3) is 0 Å². The summed E-state index contributed by atoms with van der Waals surface area (Å²) in [4.78, 5) is 24.2. The zero-order chi connectivity index (χ0) is 13.8. The molecule has 4 nitrogen and oxygen atoms in total. The highest BCUT2D eigenvalue weighted by Crippen LogP contribution is 2.32. The number of halogens is 1. The zero-order valence-electron chi connectivity index (χ0n) is 10.4. The van der Waals surface area contributed by atoms with E-state index in [9.17, 15) is 9.59 Å². The minimum absolute atomic E-state index is 0.111. The fourth-order valence-electron chi connectivity index (χ4n) is 2.50. The first kappa shape index (κ1) is 14.5. The van der Waals surface area contributed by atoms with Crippen molar-refractivity contribution in [1.29, 1.82) is 0 Å². The number of carboxylic acids is 1. The molecule has 1 aromatic heterocycles. The van der Waals surface area contributed by atoms with Crippen LogP contribution in [0.2, 0.25) is 0 Å². The van der Waals surface area contributed by atoms with Crippen molar-refractivity contribution in [3.63, 3.8) is 0 Å². The van der Waals surface area contributed by atoms with Crippen LogP contribution in [-0.2, 0) is 16.0 Å². The number of nitrogens with one attached hydrogen (secondary N) is 1. The fourth-order valence-corrected chi connectivity index (χ4v) is 3.98. The smallest absolute Gasteiger partial charge is 0.307 e. The van der Waals surface area contributed by atoms with Crippen molar-refractivity contribution in [1.82, 2.24) is 5.32 Å². The molecule has 1 aliphatic carbocycles. The summed E-state index contributed by atoms with van der Waals surface area (Å²) in [6.45, 7) is 0.564. The Balaban J connectivity index is 1.79. The second-order valence-electron chi connectivity index (χ2n) is 4.73. The summed E-state index contributed by atoms with van der Waals surface area (Å²) in [5, 5.41) is 11.9. The van der Waals surface area contributed by atoms with E-state index in [0.29, 0.717) is 19.4 Å².